The molecule has 0 atom stereocenters. The average molecular weight is 262 g/mol. The van der Waals surface area contributed by atoms with Crippen LogP contribution in [0.2, 0.25) is 0 Å². The van der Waals surface area contributed by atoms with Gasteiger partial charge in [0, 0.05) is 24.5 Å². The van der Waals surface area contributed by atoms with Crippen LogP contribution in [0.5, 0.6) is 5.75 Å². The Hall–Kier alpha value is -2.34. The topological polar surface area (TPSA) is 77.5 Å². The fourth-order valence-electron chi connectivity index (χ4n) is 1.90. The van der Waals surface area contributed by atoms with Crippen LogP contribution in [0.4, 0.5) is 5.69 Å². The van der Waals surface area contributed by atoms with Crippen molar-refractivity contribution in [2.24, 2.45) is 0 Å². The molecule has 100 valence electrons. The number of methoxy groups -OCH3 is 1. The van der Waals surface area contributed by atoms with Crippen LogP contribution in [0, 0.1) is 10.1 Å². The van der Waals surface area contributed by atoms with Gasteiger partial charge in [0.1, 0.15) is 5.75 Å². The van der Waals surface area contributed by atoms with Gasteiger partial charge in [0.15, 0.2) is 0 Å². The predicted octanol–water partition coefficient (Wildman–Crippen LogP) is 1.95. The molecule has 0 bridgehead atoms. The molecule has 0 saturated carbocycles. The highest BCUT2D eigenvalue weighted by Gasteiger charge is 2.11. The summed E-state index contributed by atoms with van der Waals surface area (Å²) in [6, 6.07) is 8.25. The van der Waals surface area contributed by atoms with Crippen molar-refractivity contribution in [1.29, 1.82) is 0 Å². The number of aromatic nitrogens is 1. The second kappa shape index (κ2) is 5.53. The monoisotopic (exact) mass is 262 g/mol. The molecule has 0 saturated heterocycles. The number of ether oxygens (including phenoxy) is 1. The molecule has 2 aromatic rings. The summed E-state index contributed by atoms with van der Waals surface area (Å²) in [5.41, 5.74) is 1.49. The number of benzene rings is 1. The fraction of sp³-hybridized carbons (Fsp3) is 0.231. The summed E-state index contributed by atoms with van der Waals surface area (Å²) in [4.78, 5) is 10.4. The lowest BCUT2D eigenvalue weighted by Gasteiger charge is -2.09. The number of nitrogens with zero attached hydrogens (tertiary/aromatic N) is 2. The van der Waals surface area contributed by atoms with E-state index in [0.29, 0.717) is 12.3 Å². The van der Waals surface area contributed by atoms with Crippen LogP contribution in [0.1, 0.15) is 11.3 Å². The minimum absolute atomic E-state index is 0.00736. The van der Waals surface area contributed by atoms with Gasteiger partial charge < -0.3 is 14.4 Å². The van der Waals surface area contributed by atoms with Crippen LogP contribution in [0.15, 0.2) is 36.5 Å². The Balaban J connectivity index is 2.34. The van der Waals surface area contributed by atoms with Gasteiger partial charge in [-0.3, -0.25) is 10.1 Å². The smallest absolute Gasteiger partial charge is 0.273 e. The molecule has 0 amide bonds. The maximum Gasteiger partial charge on any atom is 0.273 e. The number of hydrogen-bond donors (Lipinski definition) is 1. The van der Waals surface area contributed by atoms with E-state index in [2.05, 4.69) is 0 Å². The van der Waals surface area contributed by atoms with Gasteiger partial charge in [-0.1, -0.05) is 0 Å². The number of non-ortho nitro benzene ring substituents is 1. The molecule has 0 unspecified atom stereocenters. The zero-order chi connectivity index (χ0) is 13.8. The third kappa shape index (κ3) is 2.92. The maximum absolute atomic E-state index is 10.9. The molecule has 1 heterocycles. The first-order chi connectivity index (χ1) is 9.13. The number of aliphatic hydroxyl groups is 1. The first kappa shape index (κ1) is 13.1. The summed E-state index contributed by atoms with van der Waals surface area (Å²) in [6.45, 7) is 0.375. The molecule has 6 heteroatoms. The van der Waals surface area contributed by atoms with Crippen molar-refractivity contribution in [3.63, 3.8) is 0 Å². The van der Waals surface area contributed by atoms with Gasteiger partial charge in [0.05, 0.1) is 24.7 Å². The van der Waals surface area contributed by atoms with E-state index in [-0.39, 0.29) is 12.3 Å². The summed E-state index contributed by atoms with van der Waals surface area (Å²) in [6.07, 6.45) is 1.82. The third-order valence-electron chi connectivity index (χ3n) is 2.84. The molecule has 2 rings (SSSR count). The van der Waals surface area contributed by atoms with Crippen LogP contribution in [0.3, 0.4) is 0 Å². The fourth-order valence-corrected chi connectivity index (χ4v) is 1.90. The van der Waals surface area contributed by atoms with Gasteiger partial charge in [0.2, 0.25) is 0 Å². The number of aliphatic hydroxyl groups excluding tert-OH is 1. The predicted molar refractivity (Wildman–Crippen MR) is 69.1 cm³/mol. The van der Waals surface area contributed by atoms with E-state index in [1.54, 1.807) is 12.1 Å². The van der Waals surface area contributed by atoms with E-state index in [9.17, 15) is 15.2 Å². The van der Waals surface area contributed by atoms with E-state index in [1.165, 1.54) is 19.2 Å². The molecule has 0 aliphatic rings. The number of nitro benzene ring substituents is 1. The number of hydrogen-bond acceptors (Lipinski definition) is 4. The Morgan fingerprint density at radius 1 is 1.42 bits per heavy atom. The number of rotatable bonds is 5. The van der Waals surface area contributed by atoms with E-state index >= 15 is 0 Å². The first-order valence-corrected chi connectivity index (χ1v) is 5.71. The molecular formula is C13H14N2O4. The van der Waals surface area contributed by atoms with Gasteiger partial charge in [-0.25, -0.2) is 0 Å². The molecule has 0 radical (unpaired) electrons. The largest absolute Gasteiger partial charge is 0.496 e. The lowest BCUT2D eigenvalue weighted by atomic mass is 10.2. The minimum atomic E-state index is -0.450. The van der Waals surface area contributed by atoms with Gasteiger partial charge in [-0.05, 0) is 23.8 Å². The summed E-state index contributed by atoms with van der Waals surface area (Å²) in [5.74, 6) is 0.446. The lowest BCUT2D eigenvalue weighted by Crippen LogP contribution is -2.04. The van der Waals surface area contributed by atoms with Crippen molar-refractivity contribution in [3.8, 4) is 5.75 Å². The molecule has 0 aliphatic heterocycles. The molecule has 0 aliphatic carbocycles. The Bertz CT molecular complexity index is 592. The highest BCUT2D eigenvalue weighted by molar-refractivity contribution is 5.43. The lowest BCUT2D eigenvalue weighted by molar-refractivity contribution is -0.385. The molecule has 0 fully saturated rings. The van der Waals surface area contributed by atoms with Crippen molar-refractivity contribution in [2.45, 2.75) is 13.2 Å². The molecule has 1 N–H and O–H groups in total. The maximum atomic E-state index is 10.9. The Morgan fingerprint density at radius 3 is 2.84 bits per heavy atom. The highest BCUT2D eigenvalue weighted by atomic mass is 16.6. The van der Waals surface area contributed by atoms with Gasteiger partial charge in [-0.2, -0.15) is 0 Å². The Labute approximate surface area is 110 Å². The molecule has 6 nitrogen and oxygen atoms in total. The third-order valence-corrected chi connectivity index (χ3v) is 2.84. The standard InChI is InChI=1S/C13H14N2O4/c1-19-13-6-10(5-12(7-13)15(17)18)8-14-4-2-3-11(14)9-16/h2-7,16H,8-9H2,1H3. The summed E-state index contributed by atoms with van der Waals surface area (Å²) >= 11 is 0. The van der Waals surface area contributed by atoms with Crippen LogP contribution in [-0.4, -0.2) is 21.7 Å². The molecule has 1 aromatic carbocycles. The highest BCUT2D eigenvalue weighted by Crippen LogP contribution is 2.23. The molecular weight excluding hydrogens is 248 g/mol. The summed E-state index contributed by atoms with van der Waals surface area (Å²) < 4.78 is 6.89. The quantitative estimate of drug-likeness (QED) is 0.660. The molecule has 0 spiro atoms. The Morgan fingerprint density at radius 2 is 2.21 bits per heavy atom. The van der Waals surface area contributed by atoms with E-state index in [0.717, 1.165) is 11.3 Å². The van der Waals surface area contributed by atoms with Crippen molar-refractivity contribution < 1.29 is 14.8 Å². The van der Waals surface area contributed by atoms with Crippen LogP contribution >= 0.6 is 0 Å². The normalized spacial score (nSPS) is 10.4. The second-order valence-electron chi connectivity index (χ2n) is 4.08. The van der Waals surface area contributed by atoms with Crippen LogP contribution in [0.25, 0.3) is 0 Å². The van der Waals surface area contributed by atoms with E-state index in [4.69, 9.17) is 4.74 Å². The Kier molecular flexibility index (Phi) is 3.82. The zero-order valence-corrected chi connectivity index (χ0v) is 10.4. The SMILES string of the molecule is COc1cc(Cn2cccc2CO)cc([N+](=O)[O-])c1. The van der Waals surface area contributed by atoms with Crippen molar-refractivity contribution >= 4 is 5.69 Å². The summed E-state index contributed by atoms with van der Waals surface area (Å²) in [7, 11) is 1.47. The zero-order valence-electron chi connectivity index (χ0n) is 10.4. The van der Waals surface area contributed by atoms with Crippen molar-refractivity contribution in [3.05, 3.63) is 57.9 Å². The van der Waals surface area contributed by atoms with Crippen LogP contribution < -0.4 is 4.74 Å². The van der Waals surface area contributed by atoms with Gasteiger partial charge in [0.25, 0.3) is 5.69 Å². The van der Waals surface area contributed by atoms with E-state index in [1.807, 2.05) is 16.8 Å². The minimum Gasteiger partial charge on any atom is -0.496 e. The van der Waals surface area contributed by atoms with Crippen LogP contribution in [-0.2, 0) is 13.2 Å². The summed E-state index contributed by atoms with van der Waals surface area (Å²) in [5, 5.41) is 20.0. The van der Waals surface area contributed by atoms with Gasteiger partial charge in [-0.15, -0.1) is 0 Å². The van der Waals surface area contributed by atoms with Crippen molar-refractivity contribution in [1.82, 2.24) is 4.57 Å². The van der Waals surface area contributed by atoms with Crippen molar-refractivity contribution in [2.75, 3.05) is 7.11 Å². The molecule has 19 heavy (non-hydrogen) atoms. The van der Waals surface area contributed by atoms with E-state index < -0.39 is 4.92 Å². The first-order valence-electron chi connectivity index (χ1n) is 5.71. The van der Waals surface area contributed by atoms with Gasteiger partial charge >= 0.3 is 0 Å². The molecule has 1 aromatic heterocycles. The number of nitro groups is 1. The second-order valence-corrected chi connectivity index (χ2v) is 4.08. The average Bonchev–Trinajstić information content (AvgIpc) is 2.85.